The molecule has 0 saturated heterocycles. The van der Waals surface area contributed by atoms with E-state index in [9.17, 15) is 0 Å². The maximum absolute atomic E-state index is 5.91. The van der Waals surface area contributed by atoms with E-state index >= 15 is 0 Å². The van der Waals surface area contributed by atoms with E-state index in [1.54, 1.807) is 0 Å². The van der Waals surface area contributed by atoms with Crippen LogP contribution in [0.5, 0.6) is 5.75 Å². The van der Waals surface area contributed by atoms with Crippen LogP contribution < -0.4 is 15.8 Å². The van der Waals surface area contributed by atoms with Crippen LogP contribution >= 0.6 is 24.0 Å². The van der Waals surface area contributed by atoms with Crippen LogP contribution in [-0.2, 0) is 6.54 Å². The molecule has 0 unspecified atom stereocenters. The summed E-state index contributed by atoms with van der Waals surface area (Å²) in [4.78, 5) is 6.45. The van der Waals surface area contributed by atoms with E-state index in [1.165, 1.54) is 0 Å². The highest BCUT2D eigenvalue weighted by Crippen LogP contribution is 2.14. The molecule has 6 heteroatoms. The summed E-state index contributed by atoms with van der Waals surface area (Å²) >= 11 is 0. The number of para-hydroxylation sites is 1. The zero-order chi connectivity index (χ0) is 16.5. The number of nitrogens with zero attached hydrogens (tertiary/aromatic N) is 2. The zero-order valence-electron chi connectivity index (χ0n) is 14.1. The molecule has 0 fully saturated rings. The molecule has 0 radical (unpaired) electrons. The fraction of sp³-hybridized carbons (Fsp3) is 0.278. The van der Waals surface area contributed by atoms with Crippen molar-refractivity contribution in [3.63, 3.8) is 0 Å². The largest absolute Gasteiger partial charge is 0.492 e. The summed E-state index contributed by atoms with van der Waals surface area (Å²) < 4.78 is 5.72. The number of aliphatic imine (C=N–C) groups is 1. The maximum atomic E-state index is 5.91. The summed E-state index contributed by atoms with van der Waals surface area (Å²) in [6.07, 6.45) is 0. The molecule has 0 bridgehead atoms. The van der Waals surface area contributed by atoms with Gasteiger partial charge in [-0.15, -0.1) is 24.0 Å². The van der Waals surface area contributed by atoms with Crippen LogP contribution in [0.15, 0.2) is 59.6 Å². The molecule has 0 aliphatic heterocycles. The Hall–Kier alpha value is -1.80. The lowest BCUT2D eigenvalue weighted by Crippen LogP contribution is -2.22. The minimum Gasteiger partial charge on any atom is -0.492 e. The van der Waals surface area contributed by atoms with Gasteiger partial charge in [-0.1, -0.05) is 30.3 Å². The lowest BCUT2D eigenvalue weighted by atomic mass is 10.2. The summed E-state index contributed by atoms with van der Waals surface area (Å²) in [5.74, 6) is 1.25. The van der Waals surface area contributed by atoms with Crippen LogP contribution in [0, 0.1) is 0 Å². The molecule has 0 aliphatic rings. The molecule has 2 aromatic carbocycles. The minimum atomic E-state index is 0. The Balaban J connectivity index is 0.00000288. The Labute approximate surface area is 160 Å². The van der Waals surface area contributed by atoms with Gasteiger partial charge in [0.1, 0.15) is 12.4 Å². The monoisotopic (exact) mass is 440 g/mol. The van der Waals surface area contributed by atoms with E-state index < -0.39 is 0 Å². The molecular formula is C18H25IN4O. The third-order valence-corrected chi connectivity index (χ3v) is 3.18. The third kappa shape index (κ3) is 7.65. The summed E-state index contributed by atoms with van der Waals surface area (Å²) in [6, 6.07) is 17.7. The second-order valence-corrected chi connectivity index (χ2v) is 5.49. The van der Waals surface area contributed by atoms with E-state index in [1.807, 2.05) is 68.7 Å². The van der Waals surface area contributed by atoms with Gasteiger partial charge in [-0.05, 0) is 43.9 Å². The number of rotatable bonds is 7. The van der Waals surface area contributed by atoms with Gasteiger partial charge in [-0.2, -0.15) is 0 Å². The molecule has 0 saturated carbocycles. The Morgan fingerprint density at radius 1 is 1.12 bits per heavy atom. The molecule has 0 spiro atoms. The fourth-order valence-electron chi connectivity index (χ4n) is 1.97. The van der Waals surface area contributed by atoms with E-state index in [-0.39, 0.29) is 24.0 Å². The average molecular weight is 440 g/mol. The van der Waals surface area contributed by atoms with Gasteiger partial charge in [0, 0.05) is 12.2 Å². The molecule has 2 aromatic rings. The fourth-order valence-corrected chi connectivity index (χ4v) is 1.97. The van der Waals surface area contributed by atoms with Crippen LogP contribution in [0.25, 0.3) is 0 Å². The van der Waals surface area contributed by atoms with Gasteiger partial charge < -0.3 is 20.7 Å². The molecule has 2 rings (SSSR count). The number of hydrogen-bond acceptors (Lipinski definition) is 3. The quantitative estimate of drug-likeness (QED) is 0.395. The topological polar surface area (TPSA) is 62.9 Å². The molecule has 24 heavy (non-hydrogen) atoms. The normalized spacial score (nSPS) is 11.0. The number of anilines is 1. The first-order valence-electron chi connectivity index (χ1n) is 7.62. The smallest absolute Gasteiger partial charge is 0.193 e. The number of ether oxygens (including phenoxy) is 1. The van der Waals surface area contributed by atoms with E-state index in [4.69, 9.17) is 10.5 Å². The van der Waals surface area contributed by atoms with Crippen molar-refractivity contribution in [3.8, 4) is 5.75 Å². The van der Waals surface area contributed by atoms with Crippen LogP contribution in [0.1, 0.15) is 5.56 Å². The minimum absolute atomic E-state index is 0. The molecule has 0 aromatic heterocycles. The van der Waals surface area contributed by atoms with Crippen LogP contribution in [0.2, 0.25) is 0 Å². The Bertz CT molecular complexity index is 632. The molecular weight excluding hydrogens is 415 g/mol. The standard InChI is InChI=1S/C18H24N4O.HI/c1-22(2)11-12-23-17-10-6-7-15(13-17)14-20-18(19)21-16-8-4-3-5-9-16;/h3-10,13H,11-12,14H2,1-2H3,(H3,19,20,21);1H. The van der Waals surface area contributed by atoms with E-state index in [0.717, 1.165) is 23.5 Å². The van der Waals surface area contributed by atoms with Crippen molar-refractivity contribution < 1.29 is 4.74 Å². The van der Waals surface area contributed by atoms with Crippen molar-refractivity contribution in [1.29, 1.82) is 0 Å². The summed E-state index contributed by atoms with van der Waals surface area (Å²) in [5, 5.41) is 3.06. The second kappa shape index (κ2) is 10.9. The Morgan fingerprint density at radius 3 is 2.58 bits per heavy atom. The van der Waals surface area contributed by atoms with Crippen LogP contribution in [0.3, 0.4) is 0 Å². The molecule has 5 nitrogen and oxygen atoms in total. The van der Waals surface area contributed by atoms with Crippen LogP contribution in [0.4, 0.5) is 5.69 Å². The first-order chi connectivity index (χ1) is 11.1. The number of nitrogens with two attached hydrogens (primary N) is 1. The maximum Gasteiger partial charge on any atom is 0.193 e. The SMILES string of the molecule is CN(C)CCOc1cccc(CN=C(N)Nc2ccccc2)c1.I. The first kappa shape index (κ1) is 20.2. The highest BCUT2D eigenvalue weighted by Gasteiger charge is 1.99. The first-order valence-corrected chi connectivity index (χ1v) is 7.62. The molecule has 0 aliphatic carbocycles. The van der Waals surface area contributed by atoms with Gasteiger partial charge in [0.05, 0.1) is 6.54 Å². The highest BCUT2D eigenvalue weighted by molar-refractivity contribution is 14.0. The zero-order valence-corrected chi connectivity index (χ0v) is 16.4. The number of benzene rings is 2. The van der Waals surface area contributed by atoms with Gasteiger partial charge in [0.15, 0.2) is 5.96 Å². The van der Waals surface area contributed by atoms with Crippen LogP contribution in [-0.4, -0.2) is 38.1 Å². The average Bonchev–Trinajstić information content (AvgIpc) is 2.54. The molecule has 130 valence electrons. The second-order valence-electron chi connectivity index (χ2n) is 5.49. The molecule has 0 atom stereocenters. The number of halogens is 1. The number of guanidine groups is 1. The van der Waals surface area contributed by atoms with Crippen molar-refractivity contribution in [3.05, 3.63) is 60.2 Å². The van der Waals surface area contributed by atoms with Gasteiger partial charge in [0.2, 0.25) is 0 Å². The van der Waals surface area contributed by atoms with Gasteiger partial charge in [0.25, 0.3) is 0 Å². The molecule has 0 heterocycles. The van der Waals surface area contributed by atoms with Crippen molar-refractivity contribution >= 4 is 35.6 Å². The summed E-state index contributed by atoms with van der Waals surface area (Å²) in [7, 11) is 4.05. The van der Waals surface area contributed by atoms with Crippen molar-refractivity contribution in [2.75, 3.05) is 32.6 Å². The lowest BCUT2D eigenvalue weighted by molar-refractivity contribution is 0.261. The predicted molar refractivity (Wildman–Crippen MR) is 111 cm³/mol. The predicted octanol–water partition coefficient (Wildman–Crippen LogP) is 3.17. The number of nitrogens with one attached hydrogen (secondary N) is 1. The van der Waals surface area contributed by atoms with Crippen molar-refractivity contribution in [1.82, 2.24) is 4.90 Å². The van der Waals surface area contributed by atoms with Crippen molar-refractivity contribution in [2.45, 2.75) is 6.54 Å². The number of likely N-dealkylation sites (N-methyl/N-ethyl adjacent to an activating group) is 1. The summed E-state index contributed by atoms with van der Waals surface area (Å²) in [5.41, 5.74) is 7.89. The van der Waals surface area contributed by atoms with Gasteiger partial charge >= 0.3 is 0 Å². The number of hydrogen-bond donors (Lipinski definition) is 2. The Kier molecular flexibility index (Phi) is 9.18. The van der Waals surface area contributed by atoms with Gasteiger partial charge in [-0.25, -0.2) is 4.99 Å². The van der Waals surface area contributed by atoms with E-state index in [2.05, 4.69) is 15.2 Å². The van der Waals surface area contributed by atoms with Crippen molar-refractivity contribution in [2.24, 2.45) is 10.7 Å². The molecule has 3 N–H and O–H groups in total. The van der Waals surface area contributed by atoms with Gasteiger partial charge in [-0.3, -0.25) is 0 Å². The molecule has 0 amide bonds. The third-order valence-electron chi connectivity index (χ3n) is 3.18. The Morgan fingerprint density at radius 2 is 1.88 bits per heavy atom. The van der Waals surface area contributed by atoms with E-state index in [0.29, 0.717) is 19.1 Å². The lowest BCUT2D eigenvalue weighted by Gasteiger charge is -2.11. The highest BCUT2D eigenvalue weighted by atomic mass is 127. The summed E-state index contributed by atoms with van der Waals surface area (Å²) in [6.45, 7) is 2.06.